The van der Waals surface area contributed by atoms with E-state index in [0.717, 1.165) is 51.6 Å². The highest BCUT2D eigenvalue weighted by atomic mass is 16.1. The minimum absolute atomic E-state index is 0.0227. The van der Waals surface area contributed by atoms with Gasteiger partial charge in [-0.3, -0.25) is 4.79 Å². The molecule has 0 aromatic carbocycles. The van der Waals surface area contributed by atoms with Crippen molar-refractivity contribution in [2.75, 3.05) is 13.1 Å². The molecular formula is C14H27NO. The van der Waals surface area contributed by atoms with Gasteiger partial charge in [-0.25, -0.2) is 0 Å². The van der Waals surface area contributed by atoms with Crippen LogP contribution in [-0.4, -0.2) is 18.9 Å². The second-order valence-electron chi connectivity index (χ2n) is 5.64. The average Bonchev–Trinajstić information content (AvgIpc) is 2.27. The third-order valence-electron chi connectivity index (χ3n) is 3.83. The number of carbonyl (C=O) groups is 1. The molecule has 0 aliphatic carbocycles. The van der Waals surface area contributed by atoms with Crippen LogP contribution in [0.3, 0.4) is 0 Å². The number of ketones is 1. The molecular weight excluding hydrogens is 198 g/mol. The zero-order valence-electron chi connectivity index (χ0n) is 11.1. The van der Waals surface area contributed by atoms with Crippen molar-refractivity contribution in [1.29, 1.82) is 0 Å². The van der Waals surface area contributed by atoms with Crippen LogP contribution in [0.25, 0.3) is 0 Å². The summed E-state index contributed by atoms with van der Waals surface area (Å²) in [6, 6.07) is 0. The lowest BCUT2D eigenvalue weighted by atomic mass is 9.70. The summed E-state index contributed by atoms with van der Waals surface area (Å²) in [5.74, 6) is 1.17. The molecule has 1 saturated heterocycles. The maximum atomic E-state index is 12.4. The van der Waals surface area contributed by atoms with Gasteiger partial charge in [0.2, 0.25) is 0 Å². The molecule has 0 saturated carbocycles. The first-order valence-corrected chi connectivity index (χ1v) is 6.85. The highest BCUT2D eigenvalue weighted by Crippen LogP contribution is 2.36. The van der Waals surface area contributed by atoms with Crippen molar-refractivity contribution >= 4 is 5.78 Å². The van der Waals surface area contributed by atoms with Crippen molar-refractivity contribution in [1.82, 2.24) is 5.32 Å². The molecule has 1 heterocycles. The van der Waals surface area contributed by atoms with Gasteiger partial charge in [-0.05, 0) is 44.7 Å². The topological polar surface area (TPSA) is 29.1 Å². The van der Waals surface area contributed by atoms with Gasteiger partial charge in [0.15, 0.2) is 0 Å². The van der Waals surface area contributed by atoms with Crippen molar-refractivity contribution in [2.45, 2.75) is 59.3 Å². The molecule has 94 valence electrons. The van der Waals surface area contributed by atoms with Gasteiger partial charge in [0.05, 0.1) is 0 Å². The van der Waals surface area contributed by atoms with Gasteiger partial charge in [-0.2, -0.15) is 0 Å². The minimum Gasteiger partial charge on any atom is -0.317 e. The van der Waals surface area contributed by atoms with E-state index < -0.39 is 0 Å². The van der Waals surface area contributed by atoms with Crippen molar-refractivity contribution in [3.8, 4) is 0 Å². The first kappa shape index (κ1) is 13.7. The van der Waals surface area contributed by atoms with E-state index in [1.165, 1.54) is 0 Å². The van der Waals surface area contributed by atoms with Gasteiger partial charge in [-0.15, -0.1) is 0 Å². The summed E-state index contributed by atoms with van der Waals surface area (Å²) in [7, 11) is 0. The van der Waals surface area contributed by atoms with Gasteiger partial charge >= 0.3 is 0 Å². The summed E-state index contributed by atoms with van der Waals surface area (Å²) >= 11 is 0. The Morgan fingerprint density at radius 2 is 1.94 bits per heavy atom. The van der Waals surface area contributed by atoms with Crippen molar-refractivity contribution in [3.63, 3.8) is 0 Å². The Morgan fingerprint density at radius 3 is 2.44 bits per heavy atom. The molecule has 0 radical (unpaired) electrons. The normalized spacial score (nSPS) is 20.0. The summed E-state index contributed by atoms with van der Waals surface area (Å²) < 4.78 is 0. The Balaban J connectivity index is 2.57. The van der Waals surface area contributed by atoms with E-state index in [0.29, 0.717) is 11.7 Å². The Bertz CT molecular complexity index is 211. The molecule has 0 bridgehead atoms. The van der Waals surface area contributed by atoms with E-state index >= 15 is 0 Å². The summed E-state index contributed by atoms with van der Waals surface area (Å²) in [4.78, 5) is 12.4. The average molecular weight is 225 g/mol. The number of hydrogen-bond donors (Lipinski definition) is 1. The van der Waals surface area contributed by atoms with Gasteiger partial charge in [0.25, 0.3) is 0 Å². The first-order chi connectivity index (χ1) is 7.60. The Hall–Kier alpha value is -0.370. The van der Waals surface area contributed by atoms with Crippen LogP contribution in [0.4, 0.5) is 0 Å². The number of piperidine rings is 1. The summed E-state index contributed by atoms with van der Waals surface area (Å²) in [5.41, 5.74) is 0.0227. The fraction of sp³-hybridized carbons (Fsp3) is 0.929. The lowest BCUT2D eigenvalue weighted by Gasteiger charge is -2.36. The highest BCUT2D eigenvalue weighted by molar-refractivity contribution is 5.84. The van der Waals surface area contributed by atoms with E-state index in [2.05, 4.69) is 26.1 Å². The molecule has 1 rings (SSSR count). The molecule has 1 aliphatic heterocycles. The van der Waals surface area contributed by atoms with Gasteiger partial charge in [-0.1, -0.05) is 27.2 Å². The van der Waals surface area contributed by atoms with Gasteiger partial charge < -0.3 is 5.32 Å². The highest BCUT2D eigenvalue weighted by Gasteiger charge is 2.37. The Kier molecular flexibility index (Phi) is 5.47. The zero-order valence-corrected chi connectivity index (χ0v) is 11.1. The SMILES string of the molecule is CCCC1(C(=O)CCC(C)C)CCNCC1. The van der Waals surface area contributed by atoms with Crippen LogP contribution < -0.4 is 5.32 Å². The summed E-state index contributed by atoms with van der Waals surface area (Å²) in [5, 5.41) is 3.37. The molecule has 2 heteroatoms. The van der Waals surface area contributed by atoms with Crippen LogP contribution in [0.15, 0.2) is 0 Å². The molecule has 1 fully saturated rings. The predicted molar refractivity (Wildman–Crippen MR) is 68.5 cm³/mol. The molecule has 0 aromatic heterocycles. The fourth-order valence-corrected chi connectivity index (χ4v) is 2.74. The molecule has 16 heavy (non-hydrogen) atoms. The van der Waals surface area contributed by atoms with Crippen molar-refractivity contribution in [3.05, 3.63) is 0 Å². The van der Waals surface area contributed by atoms with Gasteiger partial charge in [0, 0.05) is 11.8 Å². The quantitative estimate of drug-likeness (QED) is 0.752. The third-order valence-corrected chi connectivity index (χ3v) is 3.83. The maximum Gasteiger partial charge on any atom is 0.139 e. The fourth-order valence-electron chi connectivity index (χ4n) is 2.74. The summed E-state index contributed by atoms with van der Waals surface area (Å²) in [6.07, 6.45) is 6.17. The number of Topliss-reactive ketones (excluding diaryl/α,β-unsaturated/α-hetero) is 1. The van der Waals surface area contributed by atoms with Crippen molar-refractivity contribution < 1.29 is 4.79 Å². The van der Waals surface area contributed by atoms with E-state index in [1.54, 1.807) is 0 Å². The zero-order chi connectivity index (χ0) is 12.0. The molecule has 2 nitrogen and oxygen atoms in total. The first-order valence-electron chi connectivity index (χ1n) is 6.85. The second-order valence-corrected chi connectivity index (χ2v) is 5.64. The molecule has 1 N–H and O–H groups in total. The Labute approximate surface area is 100 Å². The number of rotatable bonds is 6. The van der Waals surface area contributed by atoms with Crippen LogP contribution in [0.1, 0.15) is 59.3 Å². The smallest absolute Gasteiger partial charge is 0.139 e. The lowest BCUT2D eigenvalue weighted by Crippen LogP contribution is -2.42. The lowest BCUT2D eigenvalue weighted by molar-refractivity contribution is -0.131. The van der Waals surface area contributed by atoms with E-state index in [1.807, 2.05) is 0 Å². The van der Waals surface area contributed by atoms with Crippen LogP contribution >= 0.6 is 0 Å². The predicted octanol–water partition coefficient (Wildman–Crippen LogP) is 3.16. The second kappa shape index (κ2) is 6.39. The molecule has 0 amide bonds. The minimum atomic E-state index is 0.0227. The van der Waals surface area contributed by atoms with Crippen LogP contribution in [-0.2, 0) is 4.79 Å². The Morgan fingerprint density at radius 1 is 1.31 bits per heavy atom. The number of hydrogen-bond acceptors (Lipinski definition) is 2. The number of nitrogens with one attached hydrogen (secondary N) is 1. The molecule has 0 spiro atoms. The number of carbonyl (C=O) groups excluding carboxylic acids is 1. The standard InChI is InChI=1S/C14H27NO/c1-4-7-14(8-10-15-11-9-14)13(16)6-5-12(2)3/h12,15H,4-11H2,1-3H3. The monoisotopic (exact) mass is 225 g/mol. The third kappa shape index (κ3) is 3.58. The molecule has 0 atom stereocenters. The van der Waals surface area contributed by atoms with E-state index in [9.17, 15) is 4.79 Å². The molecule has 1 aliphatic rings. The summed E-state index contributed by atoms with van der Waals surface area (Å²) in [6.45, 7) is 8.63. The van der Waals surface area contributed by atoms with Gasteiger partial charge in [0.1, 0.15) is 5.78 Å². The van der Waals surface area contributed by atoms with Crippen LogP contribution in [0.5, 0.6) is 0 Å². The molecule has 0 unspecified atom stereocenters. The van der Waals surface area contributed by atoms with E-state index in [-0.39, 0.29) is 5.41 Å². The largest absolute Gasteiger partial charge is 0.317 e. The maximum absolute atomic E-state index is 12.4. The van der Waals surface area contributed by atoms with E-state index in [4.69, 9.17) is 0 Å². The van der Waals surface area contributed by atoms with Crippen LogP contribution in [0.2, 0.25) is 0 Å². The molecule has 0 aromatic rings. The van der Waals surface area contributed by atoms with Crippen molar-refractivity contribution in [2.24, 2.45) is 11.3 Å². The van der Waals surface area contributed by atoms with Crippen LogP contribution in [0, 0.1) is 11.3 Å².